The lowest BCUT2D eigenvalue weighted by molar-refractivity contribution is 0.389. The highest BCUT2D eigenvalue weighted by molar-refractivity contribution is 4.81. The van der Waals surface area contributed by atoms with Crippen LogP contribution in [0, 0.1) is 0 Å². The molecule has 22 heavy (non-hydrogen) atoms. The monoisotopic (exact) mass is 309 g/mol. The van der Waals surface area contributed by atoms with E-state index < -0.39 is 0 Å². The average molecular weight is 310 g/mol. The molecule has 0 radical (unpaired) electrons. The van der Waals surface area contributed by atoms with Crippen molar-refractivity contribution in [2.45, 2.75) is 103 Å². The molecule has 132 valence electrons. The van der Waals surface area contributed by atoms with Crippen molar-refractivity contribution in [2.75, 3.05) is 20.6 Å². The average Bonchev–Trinajstić information content (AvgIpc) is 2.50. The Hall–Kier alpha value is -0.300. The van der Waals surface area contributed by atoms with E-state index in [1.165, 1.54) is 103 Å². The first-order valence-electron chi connectivity index (χ1n) is 10.1. The molecule has 0 spiro atoms. The molecule has 0 amide bonds. The summed E-state index contributed by atoms with van der Waals surface area (Å²) >= 11 is 0. The van der Waals surface area contributed by atoms with Gasteiger partial charge in [0.15, 0.2) is 0 Å². The second-order valence-corrected chi connectivity index (χ2v) is 7.09. The molecule has 0 aromatic rings. The summed E-state index contributed by atoms with van der Waals surface area (Å²) in [6.07, 6.45) is 25.8. The SMILES string of the molecule is CCCCCCCC/C=C\CCCCCCCCCN(C)C. The van der Waals surface area contributed by atoms with E-state index in [9.17, 15) is 0 Å². The first kappa shape index (κ1) is 21.7. The third-order valence-electron chi connectivity index (χ3n) is 4.37. The van der Waals surface area contributed by atoms with Gasteiger partial charge in [0.05, 0.1) is 0 Å². The summed E-state index contributed by atoms with van der Waals surface area (Å²) in [4.78, 5) is 2.29. The van der Waals surface area contributed by atoms with Crippen molar-refractivity contribution < 1.29 is 0 Å². The Morgan fingerprint density at radius 3 is 1.41 bits per heavy atom. The van der Waals surface area contributed by atoms with E-state index in [0.29, 0.717) is 0 Å². The van der Waals surface area contributed by atoms with Gasteiger partial charge in [-0.1, -0.05) is 83.3 Å². The maximum Gasteiger partial charge on any atom is -0.00248 e. The van der Waals surface area contributed by atoms with E-state index in [1.54, 1.807) is 0 Å². The molecule has 0 unspecified atom stereocenters. The molecule has 0 aliphatic carbocycles. The Bertz CT molecular complexity index is 220. The van der Waals surface area contributed by atoms with E-state index in [-0.39, 0.29) is 0 Å². The normalized spacial score (nSPS) is 11.8. The van der Waals surface area contributed by atoms with Crippen LogP contribution in [0.1, 0.15) is 103 Å². The summed E-state index contributed by atoms with van der Waals surface area (Å²) in [7, 11) is 4.33. The van der Waals surface area contributed by atoms with Crippen LogP contribution in [-0.2, 0) is 0 Å². The van der Waals surface area contributed by atoms with Crippen molar-refractivity contribution in [3.63, 3.8) is 0 Å². The Kier molecular flexibility index (Phi) is 18.5. The van der Waals surface area contributed by atoms with Crippen molar-refractivity contribution in [1.82, 2.24) is 4.90 Å². The standard InChI is InChI=1S/C21H43N/c1-4-5-6-7-8-9-10-11-12-13-14-15-16-17-18-19-20-21-22(2)3/h11-12H,4-10,13-21H2,1-3H3/b12-11-. The highest BCUT2D eigenvalue weighted by Crippen LogP contribution is 2.10. The minimum absolute atomic E-state index is 1.25. The molecular formula is C21H43N. The molecule has 0 aromatic heterocycles. The molecule has 0 rings (SSSR count). The number of allylic oxidation sites excluding steroid dienone is 2. The minimum Gasteiger partial charge on any atom is -0.309 e. The van der Waals surface area contributed by atoms with Crippen LogP contribution in [0.5, 0.6) is 0 Å². The molecule has 0 saturated carbocycles. The highest BCUT2D eigenvalue weighted by Gasteiger charge is 1.93. The second kappa shape index (κ2) is 18.7. The van der Waals surface area contributed by atoms with Gasteiger partial charge in [-0.2, -0.15) is 0 Å². The molecule has 0 aromatic carbocycles. The second-order valence-electron chi connectivity index (χ2n) is 7.09. The third-order valence-corrected chi connectivity index (χ3v) is 4.37. The van der Waals surface area contributed by atoms with Crippen LogP contribution >= 0.6 is 0 Å². The van der Waals surface area contributed by atoms with Crippen molar-refractivity contribution in [1.29, 1.82) is 0 Å². The van der Waals surface area contributed by atoms with Gasteiger partial charge in [-0.15, -0.1) is 0 Å². The fraction of sp³-hybridized carbons (Fsp3) is 0.905. The molecule has 0 fully saturated rings. The lowest BCUT2D eigenvalue weighted by Gasteiger charge is -2.08. The number of hydrogen-bond donors (Lipinski definition) is 0. The van der Waals surface area contributed by atoms with E-state index in [2.05, 4.69) is 38.1 Å². The molecule has 0 aliphatic heterocycles. The van der Waals surface area contributed by atoms with Gasteiger partial charge in [0.25, 0.3) is 0 Å². The topological polar surface area (TPSA) is 3.24 Å². The maximum atomic E-state index is 2.42. The molecule has 0 aliphatic rings. The summed E-state index contributed by atoms with van der Waals surface area (Å²) in [5, 5.41) is 0. The van der Waals surface area contributed by atoms with Crippen LogP contribution in [0.3, 0.4) is 0 Å². The van der Waals surface area contributed by atoms with Gasteiger partial charge in [0.2, 0.25) is 0 Å². The summed E-state index contributed by atoms with van der Waals surface area (Å²) in [5.74, 6) is 0. The fourth-order valence-electron chi connectivity index (χ4n) is 2.85. The minimum atomic E-state index is 1.25. The zero-order chi connectivity index (χ0) is 16.3. The van der Waals surface area contributed by atoms with Gasteiger partial charge in [0.1, 0.15) is 0 Å². The first-order valence-corrected chi connectivity index (χ1v) is 10.1. The van der Waals surface area contributed by atoms with Gasteiger partial charge in [-0.3, -0.25) is 0 Å². The maximum absolute atomic E-state index is 2.42. The Balaban J connectivity index is 3.05. The molecule has 1 nitrogen and oxygen atoms in total. The zero-order valence-corrected chi connectivity index (χ0v) is 15.9. The lowest BCUT2D eigenvalue weighted by Crippen LogP contribution is -2.12. The van der Waals surface area contributed by atoms with Gasteiger partial charge >= 0.3 is 0 Å². The van der Waals surface area contributed by atoms with Gasteiger partial charge < -0.3 is 4.90 Å². The van der Waals surface area contributed by atoms with Crippen LogP contribution in [0.15, 0.2) is 12.2 Å². The molecule has 0 bridgehead atoms. The summed E-state index contributed by atoms with van der Waals surface area (Å²) < 4.78 is 0. The van der Waals surface area contributed by atoms with Crippen LogP contribution in [0.25, 0.3) is 0 Å². The summed E-state index contributed by atoms with van der Waals surface area (Å²) in [5.41, 5.74) is 0. The molecule has 0 saturated heterocycles. The van der Waals surface area contributed by atoms with Crippen molar-refractivity contribution in [2.24, 2.45) is 0 Å². The van der Waals surface area contributed by atoms with E-state index in [4.69, 9.17) is 0 Å². The lowest BCUT2D eigenvalue weighted by atomic mass is 10.1. The van der Waals surface area contributed by atoms with E-state index in [0.717, 1.165) is 0 Å². The summed E-state index contributed by atoms with van der Waals surface area (Å²) in [6.45, 7) is 3.54. The quantitative estimate of drug-likeness (QED) is 0.207. The molecular weight excluding hydrogens is 266 g/mol. The molecule has 0 atom stereocenters. The van der Waals surface area contributed by atoms with Crippen LogP contribution in [0.2, 0.25) is 0 Å². The molecule has 0 N–H and O–H groups in total. The zero-order valence-electron chi connectivity index (χ0n) is 15.9. The number of nitrogens with zero attached hydrogens (tertiary/aromatic N) is 1. The fourth-order valence-corrected chi connectivity index (χ4v) is 2.85. The van der Waals surface area contributed by atoms with Crippen molar-refractivity contribution in [3.05, 3.63) is 12.2 Å². The third kappa shape index (κ3) is 19.7. The Morgan fingerprint density at radius 2 is 0.955 bits per heavy atom. The summed E-state index contributed by atoms with van der Waals surface area (Å²) in [6, 6.07) is 0. The van der Waals surface area contributed by atoms with E-state index >= 15 is 0 Å². The van der Waals surface area contributed by atoms with Crippen LogP contribution in [-0.4, -0.2) is 25.5 Å². The smallest absolute Gasteiger partial charge is 0.00248 e. The number of hydrogen-bond acceptors (Lipinski definition) is 1. The predicted octanol–water partition coefficient (Wildman–Crippen LogP) is 6.98. The number of rotatable bonds is 17. The van der Waals surface area contributed by atoms with Crippen molar-refractivity contribution >= 4 is 0 Å². The van der Waals surface area contributed by atoms with Crippen LogP contribution < -0.4 is 0 Å². The van der Waals surface area contributed by atoms with Gasteiger partial charge in [0, 0.05) is 0 Å². The van der Waals surface area contributed by atoms with E-state index in [1.807, 2.05) is 0 Å². The molecule has 1 heteroatoms. The van der Waals surface area contributed by atoms with Crippen LogP contribution in [0.4, 0.5) is 0 Å². The predicted molar refractivity (Wildman–Crippen MR) is 103 cm³/mol. The molecule has 0 heterocycles. The Labute approximate surface area is 141 Å². The van der Waals surface area contributed by atoms with Gasteiger partial charge in [-0.25, -0.2) is 0 Å². The first-order chi connectivity index (χ1) is 10.8. The van der Waals surface area contributed by atoms with Crippen molar-refractivity contribution in [3.8, 4) is 0 Å². The number of unbranched alkanes of at least 4 members (excludes halogenated alkanes) is 13. The van der Waals surface area contributed by atoms with Gasteiger partial charge in [-0.05, 0) is 52.7 Å². The highest BCUT2D eigenvalue weighted by atomic mass is 15.0. The largest absolute Gasteiger partial charge is 0.309 e. The Morgan fingerprint density at radius 1 is 0.545 bits per heavy atom.